The molecule has 1 unspecified atom stereocenters. The van der Waals surface area contributed by atoms with E-state index in [4.69, 9.17) is 20.3 Å². The van der Waals surface area contributed by atoms with Crippen molar-refractivity contribution in [3.8, 4) is 11.5 Å². The first-order chi connectivity index (χ1) is 7.84. The molecule has 0 saturated carbocycles. The number of nitrogens with two attached hydrogens (primary N) is 1. The molecular weight excluding hydrogens is 218 g/mol. The van der Waals surface area contributed by atoms with E-state index >= 15 is 0 Å². The van der Waals surface area contributed by atoms with Crippen molar-refractivity contribution in [2.75, 3.05) is 13.7 Å². The normalized spacial score (nSPS) is 13.3. The Bertz CT molecular complexity index is 369. The number of ether oxygens (including phenoxy) is 2. The van der Waals surface area contributed by atoms with E-state index in [1.54, 1.807) is 7.11 Å². The average Bonchev–Trinajstić information content (AvgIpc) is 2.24. The van der Waals surface area contributed by atoms with E-state index in [0.717, 1.165) is 5.56 Å². The van der Waals surface area contributed by atoms with Crippen molar-refractivity contribution in [2.45, 2.75) is 32.4 Å². The molecular formula is C13H21NO3. The third-order valence-electron chi connectivity index (χ3n) is 2.44. The summed E-state index contributed by atoms with van der Waals surface area (Å²) in [5.41, 5.74) is 6.44. The summed E-state index contributed by atoms with van der Waals surface area (Å²) in [6, 6.07) is 5.76. The molecule has 1 atom stereocenters. The van der Waals surface area contributed by atoms with Crippen LogP contribution in [0.5, 0.6) is 11.5 Å². The Morgan fingerprint density at radius 1 is 1.29 bits per heavy atom. The molecule has 0 aliphatic carbocycles. The van der Waals surface area contributed by atoms with Gasteiger partial charge in [-0.1, -0.05) is 26.8 Å². The second-order valence-corrected chi connectivity index (χ2v) is 4.99. The van der Waals surface area contributed by atoms with E-state index < -0.39 is 6.23 Å². The van der Waals surface area contributed by atoms with Crippen LogP contribution in [0.4, 0.5) is 0 Å². The van der Waals surface area contributed by atoms with Crippen molar-refractivity contribution in [2.24, 2.45) is 5.73 Å². The van der Waals surface area contributed by atoms with Gasteiger partial charge in [0.2, 0.25) is 0 Å². The quantitative estimate of drug-likeness (QED) is 0.784. The minimum atomic E-state index is -0.984. The standard InChI is InChI=1S/C13H21NO3/c1-13(2,3)9-5-6-10(11(7-9)16-4)17-8-12(14)15/h5-7,12,15H,8,14H2,1-4H3. The molecule has 0 amide bonds. The molecule has 4 heteroatoms. The molecule has 0 bridgehead atoms. The van der Waals surface area contributed by atoms with Crippen molar-refractivity contribution in [1.82, 2.24) is 0 Å². The molecule has 1 aromatic carbocycles. The molecule has 0 aromatic heterocycles. The summed E-state index contributed by atoms with van der Waals surface area (Å²) in [4.78, 5) is 0. The zero-order chi connectivity index (χ0) is 13.1. The topological polar surface area (TPSA) is 64.7 Å². The largest absolute Gasteiger partial charge is 0.493 e. The van der Waals surface area contributed by atoms with Gasteiger partial charge in [0.1, 0.15) is 12.8 Å². The Kier molecular flexibility index (Phi) is 4.37. The molecule has 0 radical (unpaired) electrons. The maximum atomic E-state index is 8.97. The van der Waals surface area contributed by atoms with Crippen LogP contribution in [-0.4, -0.2) is 25.1 Å². The Balaban J connectivity index is 2.93. The minimum absolute atomic E-state index is 0.0468. The molecule has 1 rings (SSSR count). The van der Waals surface area contributed by atoms with Gasteiger partial charge in [-0.25, -0.2) is 0 Å². The SMILES string of the molecule is COc1cc(C(C)(C)C)ccc1OCC(N)O. The molecule has 0 aliphatic heterocycles. The van der Waals surface area contributed by atoms with E-state index in [0.29, 0.717) is 11.5 Å². The zero-order valence-corrected chi connectivity index (χ0v) is 10.9. The smallest absolute Gasteiger partial charge is 0.161 e. The third kappa shape index (κ3) is 3.91. The van der Waals surface area contributed by atoms with Crippen LogP contribution >= 0.6 is 0 Å². The van der Waals surface area contributed by atoms with Gasteiger partial charge in [0.25, 0.3) is 0 Å². The van der Waals surface area contributed by atoms with Gasteiger partial charge in [-0.3, -0.25) is 0 Å². The molecule has 0 fully saturated rings. The predicted octanol–water partition coefficient (Wildman–Crippen LogP) is 1.65. The van der Waals surface area contributed by atoms with Crippen molar-refractivity contribution in [3.63, 3.8) is 0 Å². The van der Waals surface area contributed by atoms with Gasteiger partial charge in [0.05, 0.1) is 7.11 Å². The average molecular weight is 239 g/mol. The molecule has 96 valence electrons. The van der Waals surface area contributed by atoms with E-state index in [1.807, 2.05) is 18.2 Å². The molecule has 17 heavy (non-hydrogen) atoms. The maximum Gasteiger partial charge on any atom is 0.161 e. The summed E-state index contributed by atoms with van der Waals surface area (Å²) >= 11 is 0. The fraction of sp³-hybridized carbons (Fsp3) is 0.538. The lowest BCUT2D eigenvalue weighted by Gasteiger charge is -2.21. The highest BCUT2D eigenvalue weighted by Crippen LogP contribution is 2.33. The molecule has 0 spiro atoms. The van der Waals surface area contributed by atoms with Gasteiger partial charge in [0, 0.05) is 0 Å². The highest BCUT2D eigenvalue weighted by Gasteiger charge is 2.16. The second-order valence-electron chi connectivity index (χ2n) is 4.99. The van der Waals surface area contributed by atoms with Crippen molar-refractivity contribution in [3.05, 3.63) is 23.8 Å². The second kappa shape index (κ2) is 5.38. The van der Waals surface area contributed by atoms with Crippen LogP contribution in [-0.2, 0) is 5.41 Å². The molecule has 0 aliphatic rings. The number of rotatable bonds is 4. The van der Waals surface area contributed by atoms with Gasteiger partial charge in [-0.05, 0) is 23.1 Å². The maximum absolute atomic E-state index is 8.97. The third-order valence-corrected chi connectivity index (χ3v) is 2.44. The summed E-state index contributed by atoms with van der Waals surface area (Å²) in [5, 5.41) is 8.97. The van der Waals surface area contributed by atoms with Crippen LogP contribution in [0.2, 0.25) is 0 Å². The van der Waals surface area contributed by atoms with E-state index in [2.05, 4.69) is 20.8 Å². The highest BCUT2D eigenvalue weighted by molar-refractivity contribution is 5.44. The van der Waals surface area contributed by atoms with Gasteiger partial charge in [-0.15, -0.1) is 0 Å². The monoisotopic (exact) mass is 239 g/mol. The highest BCUT2D eigenvalue weighted by atomic mass is 16.5. The Morgan fingerprint density at radius 3 is 2.41 bits per heavy atom. The van der Waals surface area contributed by atoms with Gasteiger partial charge in [0.15, 0.2) is 11.5 Å². The lowest BCUT2D eigenvalue weighted by atomic mass is 9.87. The number of benzene rings is 1. The molecule has 1 aromatic rings. The van der Waals surface area contributed by atoms with Crippen LogP contribution < -0.4 is 15.2 Å². The lowest BCUT2D eigenvalue weighted by molar-refractivity contribution is 0.111. The number of aliphatic hydroxyl groups excluding tert-OH is 1. The summed E-state index contributed by atoms with van der Waals surface area (Å²) < 4.78 is 10.6. The van der Waals surface area contributed by atoms with Gasteiger partial charge >= 0.3 is 0 Å². The molecule has 0 saturated heterocycles. The van der Waals surface area contributed by atoms with Crippen LogP contribution in [0.1, 0.15) is 26.3 Å². The predicted molar refractivity (Wildman–Crippen MR) is 67.4 cm³/mol. The van der Waals surface area contributed by atoms with Crippen molar-refractivity contribution >= 4 is 0 Å². The van der Waals surface area contributed by atoms with E-state index in [-0.39, 0.29) is 12.0 Å². The van der Waals surface area contributed by atoms with Gasteiger partial charge < -0.3 is 20.3 Å². The van der Waals surface area contributed by atoms with E-state index in [1.165, 1.54) is 0 Å². The Labute approximate surface area is 102 Å². The fourth-order valence-electron chi connectivity index (χ4n) is 1.43. The van der Waals surface area contributed by atoms with Gasteiger partial charge in [-0.2, -0.15) is 0 Å². The van der Waals surface area contributed by atoms with Crippen LogP contribution in [0.25, 0.3) is 0 Å². The van der Waals surface area contributed by atoms with Crippen LogP contribution in [0.3, 0.4) is 0 Å². The van der Waals surface area contributed by atoms with Crippen molar-refractivity contribution in [1.29, 1.82) is 0 Å². The first-order valence-electron chi connectivity index (χ1n) is 5.59. The molecule has 0 heterocycles. The summed E-state index contributed by atoms with van der Waals surface area (Å²) in [6.07, 6.45) is -0.984. The summed E-state index contributed by atoms with van der Waals surface area (Å²) in [7, 11) is 1.59. The van der Waals surface area contributed by atoms with Crippen LogP contribution in [0, 0.1) is 0 Å². The summed E-state index contributed by atoms with van der Waals surface area (Å²) in [6.45, 7) is 6.44. The molecule has 3 N–H and O–H groups in total. The number of hydrogen-bond acceptors (Lipinski definition) is 4. The molecule has 4 nitrogen and oxygen atoms in total. The lowest BCUT2D eigenvalue weighted by Crippen LogP contribution is -2.27. The van der Waals surface area contributed by atoms with E-state index in [9.17, 15) is 0 Å². The minimum Gasteiger partial charge on any atom is -0.493 e. The Hall–Kier alpha value is -1.26. The first-order valence-corrected chi connectivity index (χ1v) is 5.59. The Morgan fingerprint density at radius 2 is 1.94 bits per heavy atom. The number of hydrogen-bond donors (Lipinski definition) is 2. The number of methoxy groups -OCH3 is 1. The van der Waals surface area contributed by atoms with Crippen molar-refractivity contribution < 1.29 is 14.6 Å². The summed E-state index contributed by atoms with van der Waals surface area (Å²) in [5.74, 6) is 1.24. The zero-order valence-electron chi connectivity index (χ0n) is 10.9. The fourth-order valence-corrected chi connectivity index (χ4v) is 1.43. The van der Waals surface area contributed by atoms with Crippen LogP contribution in [0.15, 0.2) is 18.2 Å². The number of aliphatic hydroxyl groups is 1. The first kappa shape index (κ1) is 13.8.